The average molecular weight is 455 g/mol. The molecule has 3 aromatic rings. The first-order valence-corrected chi connectivity index (χ1v) is 12.1. The van der Waals surface area contributed by atoms with E-state index < -0.39 is 10.0 Å². The zero-order valence-corrected chi connectivity index (χ0v) is 19.4. The molecule has 1 unspecified atom stereocenters. The number of hydrogen-bond donors (Lipinski definition) is 1. The van der Waals surface area contributed by atoms with Crippen molar-refractivity contribution in [1.29, 1.82) is 0 Å². The Balaban J connectivity index is 1.74. The Morgan fingerprint density at radius 1 is 0.969 bits per heavy atom. The molecule has 0 fully saturated rings. The molecule has 1 amide bonds. The predicted octanol–water partition coefficient (Wildman–Crippen LogP) is 4.90. The van der Waals surface area contributed by atoms with Gasteiger partial charge in [-0.15, -0.1) is 0 Å². The Morgan fingerprint density at radius 3 is 2.16 bits per heavy atom. The lowest BCUT2D eigenvalue weighted by molar-refractivity contribution is 0.0940. The van der Waals surface area contributed by atoms with Gasteiger partial charge in [-0.05, 0) is 79.4 Å². The van der Waals surface area contributed by atoms with E-state index in [1.54, 1.807) is 42.5 Å². The van der Waals surface area contributed by atoms with Crippen LogP contribution in [0.25, 0.3) is 0 Å². The largest absolute Gasteiger partial charge is 0.346 e. The van der Waals surface area contributed by atoms with E-state index in [0.29, 0.717) is 11.3 Å². The van der Waals surface area contributed by atoms with Gasteiger partial charge >= 0.3 is 0 Å². The van der Waals surface area contributed by atoms with E-state index in [4.69, 9.17) is 0 Å². The van der Waals surface area contributed by atoms with Crippen molar-refractivity contribution in [2.45, 2.75) is 33.4 Å². The third-order valence-electron chi connectivity index (χ3n) is 5.44. The number of carbonyl (C=O) groups is 1. The molecule has 1 N–H and O–H groups in total. The van der Waals surface area contributed by atoms with E-state index in [9.17, 15) is 17.6 Å². The molecule has 0 aliphatic heterocycles. The van der Waals surface area contributed by atoms with Crippen LogP contribution in [0.5, 0.6) is 0 Å². The second kappa shape index (κ2) is 9.53. The van der Waals surface area contributed by atoms with Gasteiger partial charge in [-0.1, -0.05) is 30.3 Å². The average Bonchev–Trinajstić information content (AvgIpc) is 2.74. The Bertz CT molecular complexity index is 1210. The van der Waals surface area contributed by atoms with Gasteiger partial charge in [-0.25, -0.2) is 12.8 Å². The van der Waals surface area contributed by atoms with Crippen molar-refractivity contribution >= 4 is 21.6 Å². The Hall–Kier alpha value is -3.19. The van der Waals surface area contributed by atoms with Crippen LogP contribution in [0.4, 0.5) is 10.1 Å². The van der Waals surface area contributed by atoms with Gasteiger partial charge in [0.1, 0.15) is 5.82 Å². The molecular weight excluding hydrogens is 427 g/mol. The summed E-state index contributed by atoms with van der Waals surface area (Å²) in [6.07, 6.45) is 1.18. The summed E-state index contributed by atoms with van der Waals surface area (Å²) in [5.74, 6) is -0.589. The molecule has 0 spiro atoms. The summed E-state index contributed by atoms with van der Waals surface area (Å²) in [4.78, 5) is 12.6. The fraction of sp³-hybridized carbons (Fsp3) is 0.240. The quantitative estimate of drug-likeness (QED) is 0.552. The highest BCUT2D eigenvalue weighted by Gasteiger charge is 2.19. The van der Waals surface area contributed by atoms with Crippen molar-refractivity contribution in [3.63, 3.8) is 0 Å². The molecule has 1 atom stereocenters. The molecule has 0 aliphatic carbocycles. The van der Waals surface area contributed by atoms with Gasteiger partial charge in [-0.2, -0.15) is 0 Å². The number of anilines is 1. The van der Waals surface area contributed by atoms with E-state index in [0.717, 1.165) is 22.3 Å². The van der Waals surface area contributed by atoms with Gasteiger partial charge in [0.15, 0.2) is 0 Å². The zero-order chi connectivity index (χ0) is 23.5. The molecule has 3 rings (SSSR count). The van der Waals surface area contributed by atoms with Gasteiger partial charge in [-0.3, -0.25) is 9.10 Å². The van der Waals surface area contributed by atoms with Crippen molar-refractivity contribution in [3.8, 4) is 0 Å². The molecule has 7 heteroatoms. The lowest BCUT2D eigenvalue weighted by Crippen LogP contribution is -2.29. The maximum absolute atomic E-state index is 13.1. The monoisotopic (exact) mass is 454 g/mol. The van der Waals surface area contributed by atoms with Crippen LogP contribution in [0.2, 0.25) is 0 Å². The van der Waals surface area contributed by atoms with Crippen molar-refractivity contribution in [2.24, 2.45) is 0 Å². The topological polar surface area (TPSA) is 66.5 Å². The number of carbonyl (C=O) groups excluding carboxylic acids is 1. The summed E-state index contributed by atoms with van der Waals surface area (Å²) in [5, 5.41) is 2.89. The lowest BCUT2D eigenvalue weighted by atomic mass is 10.1. The van der Waals surface area contributed by atoms with Gasteiger partial charge in [0.05, 0.1) is 24.5 Å². The number of nitrogens with one attached hydrogen (secondary N) is 1. The van der Waals surface area contributed by atoms with Crippen LogP contribution in [0.3, 0.4) is 0 Å². The standard InChI is InChI=1S/C25H27FN2O3S/c1-17-5-14-24(15-18(17)2)28(32(4,30)31)16-20-6-8-22(9-7-20)25(29)27-19(3)21-10-12-23(26)13-11-21/h5-15,19H,16H2,1-4H3,(H,27,29). The first kappa shape index (κ1) is 23.5. The molecule has 3 aromatic carbocycles. The normalized spacial score (nSPS) is 12.3. The predicted molar refractivity (Wildman–Crippen MR) is 126 cm³/mol. The number of amides is 1. The summed E-state index contributed by atoms with van der Waals surface area (Å²) in [5.41, 5.74) is 4.72. The molecule has 0 saturated carbocycles. The Labute approximate surface area is 188 Å². The SMILES string of the molecule is Cc1ccc(N(Cc2ccc(C(=O)NC(C)c3ccc(F)cc3)cc2)S(C)(=O)=O)cc1C. The minimum absolute atomic E-state index is 0.162. The fourth-order valence-corrected chi connectivity index (χ4v) is 4.20. The van der Waals surface area contributed by atoms with Crippen LogP contribution in [-0.4, -0.2) is 20.6 Å². The first-order valence-electron chi connectivity index (χ1n) is 10.2. The minimum atomic E-state index is -3.49. The highest BCUT2D eigenvalue weighted by Crippen LogP contribution is 2.24. The van der Waals surface area contributed by atoms with Crippen LogP contribution in [-0.2, 0) is 16.6 Å². The fourth-order valence-electron chi connectivity index (χ4n) is 3.32. The van der Waals surface area contributed by atoms with Crippen LogP contribution >= 0.6 is 0 Å². The van der Waals surface area contributed by atoms with Gasteiger partial charge in [0.2, 0.25) is 10.0 Å². The van der Waals surface area contributed by atoms with Crippen LogP contribution in [0, 0.1) is 19.7 Å². The molecule has 0 heterocycles. The van der Waals surface area contributed by atoms with Crippen LogP contribution in [0.15, 0.2) is 66.7 Å². The molecule has 0 bridgehead atoms. The van der Waals surface area contributed by atoms with E-state index in [1.165, 1.54) is 22.7 Å². The molecule has 0 aromatic heterocycles. The third-order valence-corrected chi connectivity index (χ3v) is 6.58. The van der Waals surface area contributed by atoms with Gasteiger partial charge in [0, 0.05) is 5.56 Å². The highest BCUT2D eigenvalue weighted by molar-refractivity contribution is 7.92. The number of halogens is 1. The third kappa shape index (κ3) is 5.73. The molecule has 168 valence electrons. The molecule has 5 nitrogen and oxygen atoms in total. The molecule has 0 radical (unpaired) electrons. The number of hydrogen-bond acceptors (Lipinski definition) is 3. The van der Waals surface area contributed by atoms with E-state index in [2.05, 4.69) is 5.32 Å². The number of aryl methyl sites for hydroxylation is 2. The molecule has 32 heavy (non-hydrogen) atoms. The van der Waals surface area contributed by atoms with E-state index in [-0.39, 0.29) is 24.3 Å². The Morgan fingerprint density at radius 2 is 1.59 bits per heavy atom. The molecular formula is C25H27FN2O3S. The number of rotatable bonds is 7. The Kier molecular flexibility index (Phi) is 6.99. The lowest BCUT2D eigenvalue weighted by Gasteiger charge is -2.23. The number of nitrogens with zero attached hydrogens (tertiary/aromatic N) is 1. The summed E-state index contributed by atoms with van der Waals surface area (Å²) in [6, 6.07) is 18.1. The first-order chi connectivity index (χ1) is 15.0. The molecule has 0 aliphatic rings. The summed E-state index contributed by atoms with van der Waals surface area (Å²) in [7, 11) is -3.49. The number of sulfonamides is 1. The second-order valence-electron chi connectivity index (χ2n) is 7.98. The van der Waals surface area contributed by atoms with E-state index in [1.807, 2.05) is 32.9 Å². The maximum atomic E-state index is 13.1. The van der Waals surface area contributed by atoms with Crippen molar-refractivity contribution < 1.29 is 17.6 Å². The van der Waals surface area contributed by atoms with Crippen LogP contribution < -0.4 is 9.62 Å². The van der Waals surface area contributed by atoms with Crippen molar-refractivity contribution in [2.75, 3.05) is 10.6 Å². The van der Waals surface area contributed by atoms with E-state index >= 15 is 0 Å². The van der Waals surface area contributed by atoms with Gasteiger partial charge < -0.3 is 5.32 Å². The smallest absolute Gasteiger partial charge is 0.251 e. The molecule has 0 saturated heterocycles. The van der Waals surface area contributed by atoms with Crippen molar-refractivity contribution in [3.05, 3.63) is 100 Å². The van der Waals surface area contributed by atoms with Crippen LogP contribution in [0.1, 0.15) is 45.6 Å². The summed E-state index contributed by atoms with van der Waals surface area (Å²) in [6.45, 7) is 5.91. The number of benzene rings is 3. The zero-order valence-electron chi connectivity index (χ0n) is 18.6. The second-order valence-corrected chi connectivity index (χ2v) is 9.89. The summed E-state index contributed by atoms with van der Waals surface area (Å²) >= 11 is 0. The maximum Gasteiger partial charge on any atom is 0.251 e. The minimum Gasteiger partial charge on any atom is -0.346 e. The van der Waals surface area contributed by atoms with Crippen molar-refractivity contribution in [1.82, 2.24) is 5.32 Å². The van der Waals surface area contributed by atoms with Gasteiger partial charge in [0.25, 0.3) is 5.91 Å². The highest BCUT2D eigenvalue weighted by atomic mass is 32.2. The summed E-state index contributed by atoms with van der Waals surface area (Å²) < 4.78 is 39.3.